The monoisotopic (exact) mass is 277 g/mol. The summed E-state index contributed by atoms with van der Waals surface area (Å²) >= 11 is 0. The van der Waals surface area contributed by atoms with Crippen LogP contribution in [-0.2, 0) is 11.3 Å². The fraction of sp³-hybridized carbons (Fsp3) is 0.417. The first kappa shape index (κ1) is 12.7. The molecule has 1 aromatic heterocycles. The predicted molar refractivity (Wildman–Crippen MR) is 70.3 cm³/mol. The van der Waals surface area contributed by atoms with Crippen LogP contribution in [0.4, 0.5) is 0 Å². The van der Waals surface area contributed by atoms with Gasteiger partial charge < -0.3 is 20.5 Å². The smallest absolute Gasteiger partial charge is 0.231 e. The van der Waals surface area contributed by atoms with E-state index in [0.717, 1.165) is 11.0 Å². The normalized spacial score (nSPS) is 12.8. The number of fused-ring (bicyclic) bond motifs is 2. The third-order valence-corrected chi connectivity index (χ3v) is 3.03. The SMILES string of the molecule is NCCNC(=O)CCn1nnc2cc3c(cc21)OCO3. The first-order valence-electron chi connectivity index (χ1n) is 6.37. The Balaban J connectivity index is 1.74. The standard InChI is InChI=1S/C12H15N5O3/c13-2-3-14-12(18)1-4-17-9-6-11-10(19-7-20-11)5-8(9)15-16-17/h5-6H,1-4,7,13H2,(H,14,18). The minimum absolute atomic E-state index is 0.0557. The van der Waals surface area contributed by atoms with Crippen molar-refractivity contribution in [3.05, 3.63) is 12.1 Å². The van der Waals surface area contributed by atoms with Crippen molar-refractivity contribution in [2.45, 2.75) is 13.0 Å². The van der Waals surface area contributed by atoms with Crippen LogP contribution in [0.3, 0.4) is 0 Å². The number of hydrogen-bond acceptors (Lipinski definition) is 6. The average Bonchev–Trinajstić information content (AvgIpc) is 3.06. The topological polar surface area (TPSA) is 104 Å². The molecule has 106 valence electrons. The number of ether oxygens (including phenoxy) is 2. The zero-order chi connectivity index (χ0) is 13.9. The number of nitrogens with zero attached hydrogens (tertiary/aromatic N) is 3. The van der Waals surface area contributed by atoms with Gasteiger partial charge in [0.1, 0.15) is 5.52 Å². The summed E-state index contributed by atoms with van der Waals surface area (Å²) in [6.45, 7) is 1.58. The molecule has 0 saturated carbocycles. The summed E-state index contributed by atoms with van der Waals surface area (Å²) in [7, 11) is 0. The maximum Gasteiger partial charge on any atom is 0.231 e. The van der Waals surface area contributed by atoms with E-state index in [0.29, 0.717) is 37.6 Å². The molecular formula is C12H15N5O3. The zero-order valence-electron chi connectivity index (χ0n) is 10.8. The van der Waals surface area contributed by atoms with Crippen LogP contribution in [0.2, 0.25) is 0 Å². The molecule has 0 bridgehead atoms. The first-order valence-corrected chi connectivity index (χ1v) is 6.37. The molecule has 3 N–H and O–H groups in total. The molecule has 0 aliphatic carbocycles. The van der Waals surface area contributed by atoms with Gasteiger partial charge in [-0.25, -0.2) is 4.68 Å². The van der Waals surface area contributed by atoms with E-state index in [2.05, 4.69) is 15.6 Å². The van der Waals surface area contributed by atoms with Crippen LogP contribution in [0.25, 0.3) is 11.0 Å². The molecule has 0 unspecified atom stereocenters. The number of carbonyl (C=O) groups is 1. The number of aromatic nitrogens is 3. The van der Waals surface area contributed by atoms with Gasteiger partial charge in [-0.1, -0.05) is 5.21 Å². The van der Waals surface area contributed by atoms with Crippen LogP contribution >= 0.6 is 0 Å². The highest BCUT2D eigenvalue weighted by Gasteiger charge is 2.17. The maximum absolute atomic E-state index is 11.5. The highest BCUT2D eigenvalue weighted by molar-refractivity contribution is 5.80. The minimum atomic E-state index is -0.0557. The summed E-state index contributed by atoms with van der Waals surface area (Å²) in [6, 6.07) is 3.62. The van der Waals surface area contributed by atoms with Gasteiger partial charge in [0.05, 0.1) is 12.1 Å². The van der Waals surface area contributed by atoms with Gasteiger partial charge in [-0.05, 0) is 0 Å². The Morgan fingerprint density at radius 3 is 3.00 bits per heavy atom. The molecule has 0 atom stereocenters. The third kappa shape index (κ3) is 2.37. The van der Waals surface area contributed by atoms with Crippen LogP contribution < -0.4 is 20.5 Å². The third-order valence-electron chi connectivity index (χ3n) is 3.03. The molecule has 0 spiro atoms. The maximum atomic E-state index is 11.5. The van der Waals surface area contributed by atoms with E-state index in [1.807, 2.05) is 6.07 Å². The van der Waals surface area contributed by atoms with E-state index in [9.17, 15) is 4.79 Å². The van der Waals surface area contributed by atoms with Crippen molar-refractivity contribution in [2.24, 2.45) is 5.73 Å². The van der Waals surface area contributed by atoms with Crippen molar-refractivity contribution < 1.29 is 14.3 Å². The van der Waals surface area contributed by atoms with E-state index in [1.54, 1.807) is 10.7 Å². The summed E-state index contributed by atoms with van der Waals surface area (Å²) < 4.78 is 12.3. The Kier molecular flexibility index (Phi) is 3.38. The lowest BCUT2D eigenvalue weighted by Crippen LogP contribution is -2.29. The van der Waals surface area contributed by atoms with Crippen molar-refractivity contribution >= 4 is 16.9 Å². The van der Waals surface area contributed by atoms with E-state index in [1.165, 1.54) is 0 Å². The zero-order valence-corrected chi connectivity index (χ0v) is 10.8. The average molecular weight is 277 g/mol. The summed E-state index contributed by atoms with van der Waals surface area (Å²) in [5, 5.41) is 10.8. The molecule has 20 heavy (non-hydrogen) atoms. The van der Waals surface area contributed by atoms with Crippen molar-refractivity contribution in [1.29, 1.82) is 0 Å². The molecule has 1 aromatic carbocycles. The highest BCUT2D eigenvalue weighted by Crippen LogP contribution is 2.35. The molecule has 3 rings (SSSR count). The lowest BCUT2D eigenvalue weighted by molar-refractivity contribution is -0.121. The van der Waals surface area contributed by atoms with E-state index in [-0.39, 0.29) is 12.7 Å². The van der Waals surface area contributed by atoms with Gasteiger partial charge in [0.2, 0.25) is 12.7 Å². The van der Waals surface area contributed by atoms with Crippen molar-refractivity contribution in [2.75, 3.05) is 19.9 Å². The molecule has 1 aliphatic heterocycles. The Morgan fingerprint density at radius 1 is 1.40 bits per heavy atom. The van der Waals surface area contributed by atoms with Gasteiger partial charge in [0, 0.05) is 31.6 Å². The molecule has 0 fully saturated rings. The van der Waals surface area contributed by atoms with Crippen LogP contribution in [0.15, 0.2) is 12.1 Å². The van der Waals surface area contributed by atoms with E-state index < -0.39 is 0 Å². The molecule has 2 heterocycles. The van der Waals surface area contributed by atoms with Crippen molar-refractivity contribution in [3.63, 3.8) is 0 Å². The van der Waals surface area contributed by atoms with Crippen LogP contribution in [0.5, 0.6) is 11.5 Å². The fourth-order valence-corrected chi connectivity index (χ4v) is 2.03. The lowest BCUT2D eigenvalue weighted by Gasteiger charge is -2.04. The van der Waals surface area contributed by atoms with E-state index in [4.69, 9.17) is 15.2 Å². The number of nitrogens with one attached hydrogen (secondary N) is 1. The first-order chi connectivity index (χ1) is 9.78. The molecule has 0 saturated heterocycles. The molecule has 1 amide bonds. The number of amides is 1. The second kappa shape index (κ2) is 5.33. The Morgan fingerprint density at radius 2 is 2.20 bits per heavy atom. The Labute approximate surface area is 114 Å². The number of aryl methyl sites for hydroxylation is 1. The van der Waals surface area contributed by atoms with Crippen LogP contribution in [-0.4, -0.2) is 40.8 Å². The van der Waals surface area contributed by atoms with Gasteiger partial charge in [-0.3, -0.25) is 4.79 Å². The van der Waals surface area contributed by atoms with Gasteiger partial charge in [-0.15, -0.1) is 5.10 Å². The summed E-state index contributed by atoms with van der Waals surface area (Å²) in [4.78, 5) is 11.5. The van der Waals surface area contributed by atoms with E-state index >= 15 is 0 Å². The van der Waals surface area contributed by atoms with Crippen LogP contribution in [0.1, 0.15) is 6.42 Å². The molecule has 2 aromatic rings. The molecular weight excluding hydrogens is 262 g/mol. The van der Waals surface area contributed by atoms with Gasteiger partial charge in [-0.2, -0.15) is 0 Å². The largest absolute Gasteiger partial charge is 0.454 e. The molecule has 0 radical (unpaired) electrons. The summed E-state index contributed by atoms with van der Waals surface area (Å²) in [5.41, 5.74) is 6.87. The second-order valence-corrected chi connectivity index (χ2v) is 4.40. The van der Waals surface area contributed by atoms with Gasteiger partial charge >= 0.3 is 0 Å². The number of nitrogens with two attached hydrogens (primary N) is 1. The quantitative estimate of drug-likeness (QED) is 0.772. The Hall–Kier alpha value is -2.35. The molecule has 1 aliphatic rings. The molecule has 8 heteroatoms. The lowest BCUT2D eigenvalue weighted by atomic mass is 10.2. The number of carbonyl (C=O) groups excluding carboxylic acids is 1. The number of rotatable bonds is 5. The van der Waals surface area contributed by atoms with Crippen molar-refractivity contribution in [3.8, 4) is 11.5 Å². The summed E-state index contributed by atoms with van der Waals surface area (Å²) in [5.74, 6) is 1.29. The highest BCUT2D eigenvalue weighted by atomic mass is 16.7. The van der Waals surface area contributed by atoms with Crippen LogP contribution in [0, 0.1) is 0 Å². The second-order valence-electron chi connectivity index (χ2n) is 4.40. The fourth-order valence-electron chi connectivity index (χ4n) is 2.03. The molecule has 8 nitrogen and oxygen atoms in total. The summed E-state index contributed by atoms with van der Waals surface area (Å²) in [6.07, 6.45) is 0.326. The van der Waals surface area contributed by atoms with Gasteiger partial charge in [0.15, 0.2) is 11.5 Å². The van der Waals surface area contributed by atoms with Gasteiger partial charge in [0.25, 0.3) is 0 Å². The number of benzene rings is 1. The van der Waals surface area contributed by atoms with Crippen molar-refractivity contribution in [1.82, 2.24) is 20.3 Å². The minimum Gasteiger partial charge on any atom is -0.454 e. The number of hydrogen-bond donors (Lipinski definition) is 2. The Bertz CT molecular complexity index is 639. The predicted octanol–water partition coefficient (Wildman–Crippen LogP) is -0.375.